The van der Waals surface area contributed by atoms with Crippen LogP contribution in [0.3, 0.4) is 0 Å². The van der Waals surface area contributed by atoms with Crippen molar-refractivity contribution in [1.29, 1.82) is 0 Å². The number of carbonyl (C=O) groups is 2. The molecule has 3 N–H and O–H groups in total. The van der Waals surface area contributed by atoms with Crippen molar-refractivity contribution in [3.05, 3.63) is 102 Å². The van der Waals surface area contributed by atoms with Gasteiger partial charge in [-0.1, -0.05) is 95.0 Å². The van der Waals surface area contributed by atoms with Gasteiger partial charge in [0.15, 0.2) is 5.82 Å². The SMILES string of the molecule is CCCCCCCOc1ccc(-c2cnc(-c3ccc(C[C@H](NC(=O)c4ccc(CC(C)C)cc4)C(O)N4CCC[C@H]4C(=O)O)cc3)nc2)cc1. The second kappa shape index (κ2) is 18.6. The summed E-state index contributed by atoms with van der Waals surface area (Å²) in [6, 6.07) is 21.7. The number of benzene rings is 3. The van der Waals surface area contributed by atoms with Gasteiger partial charge >= 0.3 is 5.97 Å². The van der Waals surface area contributed by atoms with Crippen LogP contribution in [0.15, 0.2) is 85.2 Å². The third-order valence-electron chi connectivity index (χ3n) is 9.48. The summed E-state index contributed by atoms with van der Waals surface area (Å²) in [5.74, 6) is 0.663. The maximum Gasteiger partial charge on any atom is 0.320 e. The molecule has 4 aromatic rings. The first kappa shape index (κ1) is 37.7. The van der Waals surface area contributed by atoms with Crippen LogP contribution in [0.5, 0.6) is 5.75 Å². The second-order valence-corrected chi connectivity index (χ2v) is 14.0. The van der Waals surface area contributed by atoms with Gasteiger partial charge in [0.2, 0.25) is 0 Å². The Morgan fingerprint density at radius 2 is 1.47 bits per heavy atom. The molecule has 5 rings (SSSR count). The smallest absolute Gasteiger partial charge is 0.320 e. The van der Waals surface area contributed by atoms with Crippen molar-refractivity contribution >= 4 is 11.9 Å². The molecule has 0 radical (unpaired) electrons. The number of hydrogen-bond donors (Lipinski definition) is 3. The molecule has 3 aromatic carbocycles. The minimum atomic E-state index is -1.18. The number of carboxylic acid groups (broad SMARTS) is 1. The normalized spacial score (nSPS) is 15.8. The number of aromatic nitrogens is 2. The van der Waals surface area contributed by atoms with Crippen LogP contribution in [-0.4, -0.2) is 68.4 Å². The van der Waals surface area contributed by atoms with Crippen molar-refractivity contribution in [2.45, 2.75) is 96.9 Å². The molecular weight excluding hydrogens is 640 g/mol. The summed E-state index contributed by atoms with van der Waals surface area (Å²) in [5, 5.41) is 24.3. The van der Waals surface area contributed by atoms with E-state index in [1.165, 1.54) is 25.7 Å². The summed E-state index contributed by atoms with van der Waals surface area (Å²) in [4.78, 5) is 36.2. The van der Waals surface area contributed by atoms with Crippen LogP contribution in [0.2, 0.25) is 0 Å². The van der Waals surface area contributed by atoms with E-state index in [4.69, 9.17) is 4.74 Å². The number of likely N-dealkylation sites (tertiary alicyclic amines) is 1. The van der Waals surface area contributed by atoms with E-state index < -0.39 is 24.3 Å². The Bertz CT molecular complexity index is 1670. The quantitative estimate of drug-likeness (QED) is 0.0913. The Hall–Kier alpha value is -4.60. The first-order valence-corrected chi connectivity index (χ1v) is 18.4. The zero-order valence-electron chi connectivity index (χ0n) is 30.1. The van der Waals surface area contributed by atoms with Crippen LogP contribution in [-0.2, 0) is 17.6 Å². The first-order valence-electron chi connectivity index (χ1n) is 18.4. The van der Waals surface area contributed by atoms with Crippen LogP contribution in [0.1, 0.15) is 87.2 Å². The van der Waals surface area contributed by atoms with Gasteiger partial charge in [-0.25, -0.2) is 9.97 Å². The molecule has 0 aliphatic carbocycles. The monoisotopic (exact) mass is 692 g/mol. The van der Waals surface area contributed by atoms with Crippen molar-refractivity contribution in [3.8, 4) is 28.3 Å². The predicted molar refractivity (Wildman–Crippen MR) is 200 cm³/mol. The Labute approximate surface area is 302 Å². The largest absolute Gasteiger partial charge is 0.494 e. The van der Waals surface area contributed by atoms with Crippen molar-refractivity contribution in [3.63, 3.8) is 0 Å². The number of unbranched alkanes of at least 4 members (excludes halogenated alkanes) is 4. The second-order valence-electron chi connectivity index (χ2n) is 14.0. The highest BCUT2D eigenvalue weighted by atomic mass is 16.5. The minimum absolute atomic E-state index is 0.305. The van der Waals surface area contributed by atoms with E-state index in [1.54, 1.807) is 17.0 Å². The number of carboxylic acids is 1. The van der Waals surface area contributed by atoms with Gasteiger partial charge in [-0.2, -0.15) is 0 Å². The Kier molecular flexibility index (Phi) is 13.7. The lowest BCUT2D eigenvalue weighted by molar-refractivity contribution is -0.147. The van der Waals surface area contributed by atoms with Crippen LogP contribution in [0.25, 0.3) is 22.5 Å². The summed E-state index contributed by atoms with van der Waals surface area (Å²) < 4.78 is 5.90. The molecule has 0 saturated carbocycles. The molecule has 51 heavy (non-hydrogen) atoms. The van der Waals surface area contributed by atoms with Crippen molar-refractivity contribution in [2.24, 2.45) is 5.92 Å². The van der Waals surface area contributed by atoms with Crippen molar-refractivity contribution < 1.29 is 24.5 Å². The molecule has 1 saturated heterocycles. The molecule has 3 atom stereocenters. The average Bonchev–Trinajstić information content (AvgIpc) is 3.64. The Balaban J connectivity index is 1.23. The fraction of sp³-hybridized carbons (Fsp3) is 0.429. The third-order valence-corrected chi connectivity index (χ3v) is 9.48. The Morgan fingerprint density at radius 1 is 0.843 bits per heavy atom. The molecule has 1 amide bonds. The third kappa shape index (κ3) is 10.7. The number of nitrogens with one attached hydrogen (secondary N) is 1. The van der Waals surface area contributed by atoms with Gasteiger partial charge in [0.05, 0.1) is 12.6 Å². The number of aliphatic hydroxyl groups excluding tert-OH is 1. The maximum absolute atomic E-state index is 13.4. The van der Waals surface area contributed by atoms with Gasteiger partial charge < -0.3 is 20.3 Å². The lowest BCUT2D eigenvalue weighted by Gasteiger charge is -2.33. The van der Waals surface area contributed by atoms with Gasteiger partial charge in [0, 0.05) is 35.6 Å². The molecule has 0 bridgehead atoms. The first-order chi connectivity index (χ1) is 24.7. The minimum Gasteiger partial charge on any atom is -0.494 e. The molecule has 1 unspecified atom stereocenters. The number of rotatable bonds is 18. The molecule has 9 nitrogen and oxygen atoms in total. The zero-order valence-corrected chi connectivity index (χ0v) is 30.1. The van der Waals surface area contributed by atoms with E-state index in [0.29, 0.717) is 43.1 Å². The average molecular weight is 693 g/mol. The number of amides is 1. The van der Waals surface area contributed by atoms with E-state index in [0.717, 1.165) is 53.0 Å². The van der Waals surface area contributed by atoms with E-state index >= 15 is 0 Å². The number of hydrogen-bond acceptors (Lipinski definition) is 7. The number of nitrogens with zero attached hydrogens (tertiary/aromatic N) is 3. The van der Waals surface area contributed by atoms with E-state index in [2.05, 4.69) is 36.1 Å². The zero-order chi connectivity index (χ0) is 36.2. The highest BCUT2D eigenvalue weighted by molar-refractivity contribution is 5.94. The molecular formula is C42H52N4O5. The lowest BCUT2D eigenvalue weighted by Crippen LogP contribution is -2.55. The molecule has 1 aliphatic rings. The highest BCUT2D eigenvalue weighted by Gasteiger charge is 2.38. The summed E-state index contributed by atoms with van der Waals surface area (Å²) in [7, 11) is 0. The maximum atomic E-state index is 13.4. The fourth-order valence-corrected chi connectivity index (χ4v) is 6.66. The number of aliphatic hydroxyl groups is 1. The van der Waals surface area contributed by atoms with Crippen molar-refractivity contribution in [2.75, 3.05) is 13.2 Å². The van der Waals surface area contributed by atoms with Crippen LogP contribution in [0.4, 0.5) is 0 Å². The van der Waals surface area contributed by atoms with E-state index in [9.17, 15) is 19.8 Å². The fourth-order valence-electron chi connectivity index (χ4n) is 6.66. The molecule has 1 fully saturated rings. The topological polar surface area (TPSA) is 125 Å². The van der Waals surface area contributed by atoms with Gasteiger partial charge in [-0.05, 0) is 79.0 Å². The highest BCUT2D eigenvalue weighted by Crippen LogP contribution is 2.25. The molecule has 270 valence electrons. The number of ether oxygens (including phenoxy) is 1. The molecule has 1 aliphatic heterocycles. The van der Waals surface area contributed by atoms with Crippen molar-refractivity contribution in [1.82, 2.24) is 20.2 Å². The standard InChI is InChI=1S/C42H52N4O5/c1-4-5-6-7-8-24-51-36-21-19-32(20-22-36)35-27-43-39(44-28-35)33-15-11-31(12-16-33)26-37(41(48)46-23-9-10-38(46)42(49)50)45-40(47)34-17-13-30(14-18-34)25-29(2)3/h11-22,27-29,37-38,41,48H,4-10,23-26H2,1-3H3,(H,45,47)(H,49,50)/t37-,38-,41?/m0/s1. The number of aliphatic carboxylic acids is 1. The molecule has 1 aromatic heterocycles. The molecule has 2 heterocycles. The molecule has 9 heteroatoms. The van der Waals surface area contributed by atoms with E-state index in [-0.39, 0.29) is 5.91 Å². The van der Waals surface area contributed by atoms with Crippen LogP contribution < -0.4 is 10.1 Å². The van der Waals surface area contributed by atoms with Gasteiger partial charge in [0.1, 0.15) is 18.0 Å². The molecule has 0 spiro atoms. The summed E-state index contributed by atoms with van der Waals surface area (Å²) in [6.07, 6.45) is 10.8. The summed E-state index contributed by atoms with van der Waals surface area (Å²) in [5.41, 5.74) is 5.27. The summed E-state index contributed by atoms with van der Waals surface area (Å²) >= 11 is 0. The van der Waals surface area contributed by atoms with Crippen LogP contribution >= 0.6 is 0 Å². The number of carbonyl (C=O) groups excluding carboxylic acids is 1. The van der Waals surface area contributed by atoms with Crippen LogP contribution in [0, 0.1) is 5.92 Å². The van der Waals surface area contributed by atoms with E-state index in [1.807, 2.05) is 73.1 Å². The van der Waals surface area contributed by atoms with Gasteiger partial charge in [-0.15, -0.1) is 0 Å². The van der Waals surface area contributed by atoms with Gasteiger partial charge in [0.25, 0.3) is 5.91 Å². The summed E-state index contributed by atoms with van der Waals surface area (Å²) in [6.45, 7) is 7.69. The predicted octanol–water partition coefficient (Wildman–Crippen LogP) is 7.57. The lowest BCUT2D eigenvalue weighted by atomic mass is 10.00. The van der Waals surface area contributed by atoms with Gasteiger partial charge in [-0.3, -0.25) is 14.5 Å². The Morgan fingerprint density at radius 3 is 2.12 bits per heavy atom.